The minimum atomic E-state index is -0.913. The summed E-state index contributed by atoms with van der Waals surface area (Å²) in [5.41, 5.74) is 7.73. The molecular weight excluding hydrogens is 328 g/mol. The second-order valence-electron chi connectivity index (χ2n) is 5.26. The molecule has 5 nitrogen and oxygen atoms in total. The van der Waals surface area contributed by atoms with Crippen LogP contribution in [0.3, 0.4) is 0 Å². The lowest BCUT2D eigenvalue weighted by atomic mass is 10.1. The molecule has 2 N–H and O–H groups in total. The molecule has 3 rings (SSSR count). The third-order valence-electron chi connectivity index (χ3n) is 3.86. The number of amides is 1. The molecular formula is C18H16ClN2O3+. The number of hydrogen-bond donors (Lipinski definition) is 1. The van der Waals surface area contributed by atoms with Gasteiger partial charge in [0, 0.05) is 11.6 Å². The van der Waals surface area contributed by atoms with Crippen LogP contribution in [-0.4, -0.2) is 18.5 Å². The number of fused-ring (bicyclic) bond motifs is 1. The Morgan fingerprint density at radius 2 is 1.71 bits per heavy atom. The molecule has 122 valence electrons. The van der Waals surface area contributed by atoms with E-state index >= 15 is 0 Å². The van der Waals surface area contributed by atoms with Crippen molar-refractivity contribution in [2.45, 2.75) is 6.92 Å². The standard InChI is InChI=1S/C18H15ClN2O3/c1-2-24-18(23)21(19)14-11-7-6-10-13(14)15(20)16(21)17(22)12-8-4-3-5-9-12/h3-11H,2H2,1H3,(H-,20,22)/p+1. The average molecular weight is 344 g/mol. The van der Waals surface area contributed by atoms with Gasteiger partial charge in [-0.1, -0.05) is 46.5 Å². The molecule has 0 radical (unpaired) electrons. The van der Waals surface area contributed by atoms with Crippen LogP contribution in [0.25, 0.3) is 5.70 Å². The zero-order valence-electron chi connectivity index (χ0n) is 13.0. The van der Waals surface area contributed by atoms with Gasteiger partial charge in [-0.25, -0.2) is 0 Å². The molecule has 2 aromatic carbocycles. The number of allylic oxidation sites excluding steroid dienone is 1. The van der Waals surface area contributed by atoms with Gasteiger partial charge in [0.1, 0.15) is 5.70 Å². The molecule has 0 saturated heterocycles. The van der Waals surface area contributed by atoms with Crippen LogP contribution in [0.15, 0.2) is 60.3 Å². The molecule has 1 atom stereocenters. The Morgan fingerprint density at radius 1 is 1.08 bits per heavy atom. The van der Waals surface area contributed by atoms with Crippen molar-refractivity contribution in [1.82, 2.24) is 4.00 Å². The van der Waals surface area contributed by atoms with E-state index in [0.29, 0.717) is 16.8 Å². The first-order chi connectivity index (χ1) is 11.5. The maximum Gasteiger partial charge on any atom is 0.545 e. The van der Waals surface area contributed by atoms with Crippen molar-refractivity contribution in [2.24, 2.45) is 5.73 Å². The second kappa shape index (κ2) is 6.11. The Labute approximate surface area is 144 Å². The fourth-order valence-corrected chi connectivity index (χ4v) is 3.14. The van der Waals surface area contributed by atoms with E-state index in [1.165, 1.54) is 0 Å². The van der Waals surface area contributed by atoms with E-state index in [1.54, 1.807) is 61.5 Å². The average Bonchev–Trinajstić information content (AvgIpc) is 2.84. The van der Waals surface area contributed by atoms with E-state index in [0.717, 1.165) is 0 Å². The molecule has 1 aliphatic rings. The number of benzene rings is 2. The molecule has 1 amide bonds. The summed E-state index contributed by atoms with van der Waals surface area (Å²) in [7, 11) is 0. The number of hydrogen-bond acceptors (Lipinski definition) is 4. The molecule has 0 aromatic heterocycles. The van der Waals surface area contributed by atoms with Gasteiger partial charge in [0.25, 0.3) is 5.78 Å². The predicted molar refractivity (Wildman–Crippen MR) is 93.0 cm³/mol. The van der Waals surface area contributed by atoms with Crippen LogP contribution in [0.5, 0.6) is 0 Å². The number of carbonyl (C=O) groups excluding carboxylic acids is 2. The summed E-state index contributed by atoms with van der Waals surface area (Å²) in [6.07, 6.45) is -0.758. The maximum atomic E-state index is 13.0. The summed E-state index contributed by atoms with van der Waals surface area (Å²) in [6, 6.07) is 15.5. The number of carbonyl (C=O) groups is 2. The highest BCUT2D eigenvalue weighted by atomic mass is 35.5. The SMILES string of the molecule is CCOC(=O)[N+]1(Cl)C(C(=O)c2ccccc2)=C(N)c2ccccc21. The van der Waals surface area contributed by atoms with E-state index in [9.17, 15) is 9.59 Å². The number of ketones is 1. The topological polar surface area (TPSA) is 69.4 Å². The smallest absolute Gasteiger partial charge is 0.419 e. The number of Topliss-reactive ketones (excluding diaryl/α,β-unsaturated/α-hetero) is 1. The summed E-state index contributed by atoms with van der Waals surface area (Å²) < 4.78 is 4.20. The molecule has 0 fully saturated rings. The Morgan fingerprint density at radius 3 is 2.38 bits per heavy atom. The van der Waals surface area contributed by atoms with Crippen molar-refractivity contribution in [2.75, 3.05) is 6.61 Å². The molecule has 0 aliphatic carbocycles. The molecule has 0 spiro atoms. The highest BCUT2D eigenvalue weighted by molar-refractivity contribution is 6.39. The lowest BCUT2D eigenvalue weighted by Gasteiger charge is -2.22. The molecule has 2 aromatic rings. The number of para-hydroxylation sites is 1. The monoisotopic (exact) mass is 343 g/mol. The first-order valence-corrected chi connectivity index (χ1v) is 7.81. The van der Waals surface area contributed by atoms with Gasteiger partial charge in [0.2, 0.25) is 5.70 Å². The normalized spacial score (nSPS) is 19.1. The molecule has 0 saturated carbocycles. The minimum absolute atomic E-state index is 0.0116. The fourth-order valence-electron chi connectivity index (χ4n) is 2.77. The lowest BCUT2D eigenvalue weighted by molar-refractivity contribution is 0.0991. The van der Waals surface area contributed by atoms with Crippen molar-refractivity contribution in [1.29, 1.82) is 0 Å². The molecule has 0 bridgehead atoms. The van der Waals surface area contributed by atoms with Crippen LogP contribution in [0.4, 0.5) is 10.5 Å². The first-order valence-electron chi connectivity index (χ1n) is 7.47. The first kappa shape index (κ1) is 16.2. The molecule has 24 heavy (non-hydrogen) atoms. The number of ether oxygens (including phenoxy) is 1. The number of quaternary nitrogens is 1. The van der Waals surface area contributed by atoms with Crippen LogP contribution in [0.1, 0.15) is 22.8 Å². The third kappa shape index (κ3) is 2.29. The largest absolute Gasteiger partial charge is 0.545 e. The van der Waals surface area contributed by atoms with Crippen LogP contribution < -0.4 is 9.74 Å². The zero-order chi connectivity index (χ0) is 17.3. The summed E-state index contributed by atoms with van der Waals surface area (Å²) in [5.74, 6) is -0.410. The summed E-state index contributed by atoms with van der Waals surface area (Å²) in [6.45, 7) is 1.81. The van der Waals surface area contributed by atoms with Gasteiger partial charge in [-0.3, -0.25) is 4.79 Å². The maximum absolute atomic E-state index is 13.0. The van der Waals surface area contributed by atoms with Crippen LogP contribution >= 0.6 is 11.8 Å². The van der Waals surface area contributed by atoms with Gasteiger partial charge in [0.15, 0.2) is 17.5 Å². The summed E-state index contributed by atoms with van der Waals surface area (Å²) in [4.78, 5) is 25.6. The van der Waals surface area contributed by atoms with Crippen LogP contribution in [0, 0.1) is 0 Å². The van der Waals surface area contributed by atoms with Crippen molar-refractivity contribution in [3.63, 3.8) is 0 Å². The predicted octanol–water partition coefficient (Wildman–Crippen LogP) is 3.83. The lowest BCUT2D eigenvalue weighted by Crippen LogP contribution is -2.46. The number of halogens is 1. The van der Waals surface area contributed by atoms with Gasteiger partial charge in [-0.05, 0) is 13.0 Å². The summed E-state index contributed by atoms with van der Waals surface area (Å²) in [5, 5.41) is 0. The van der Waals surface area contributed by atoms with Crippen molar-refractivity contribution < 1.29 is 14.3 Å². The molecule has 1 unspecified atom stereocenters. The van der Waals surface area contributed by atoms with Gasteiger partial charge in [0.05, 0.1) is 12.2 Å². The molecule has 1 heterocycles. The molecule has 1 aliphatic heterocycles. The highest BCUT2D eigenvalue weighted by Gasteiger charge is 2.56. The van der Waals surface area contributed by atoms with E-state index in [4.69, 9.17) is 22.2 Å². The minimum Gasteiger partial charge on any atom is -0.419 e. The Balaban J connectivity index is 2.21. The Hall–Kier alpha value is -2.63. The van der Waals surface area contributed by atoms with E-state index < -0.39 is 15.9 Å². The highest BCUT2D eigenvalue weighted by Crippen LogP contribution is 2.47. The van der Waals surface area contributed by atoms with Crippen LogP contribution in [-0.2, 0) is 4.74 Å². The van der Waals surface area contributed by atoms with Gasteiger partial charge < -0.3 is 10.5 Å². The Kier molecular flexibility index (Phi) is 4.13. The third-order valence-corrected chi connectivity index (χ3v) is 4.35. The summed E-state index contributed by atoms with van der Waals surface area (Å²) >= 11 is 6.64. The van der Waals surface area contributed by atoms with E-state index in [1.807, 2.05) is 0 Å². The van der Waals surface area contributed by atoms with E-state index in [2.05, 4.69) is 0 Å². The van der Waals surface area contributed by atoms with Crippen molar-refractivity contribution >= 4 is 35.0 Å². The van der Waals surface area contributed by atoms with Crippen LogP contribution in [0.2, 0.25) is 0 Å². The Bertz CT molecular complexity index is 848. The number of nitrogens with zero attached hydrogens (tertiary/aromatic N) is 1. The van der Waals surface area contributed by atoms with Gasteiger partial charge in [-0.15, -0.1) is 0 Å². The van der Waals surface area contributed by atoms with Crippen molar-refractivity contribution in [3.05, 3.63) is 71.4 Å². The molecule has 6 heteroatoms. The zero-order valence-corrected chi connectivity index (χ0v) is 13.8. The second-order valence-corrected chi connectivity index (χ2v) is 5.77. The quantitative estimate of drug-likeness (QED) is 0.679. The fraction of sp³-hybridized carbons (Fsp3) is 0.111. The van der Waals surface area contributed by atoms with Gasteiger partial charge >= 0.3 is 6.09 Å². The van der Waals surface area contributed by atoms with Gasteiger partial charge in [-0.2, -0.15) is 4.79 Å². The number of nitrogens with two attached hydrogens (primary N) is 1. The number of rotatable bonds is 3. The van der Waals surface area contributed by atoms with Crippen molar-refractivity contribution in [3.8, 4) is 0 Å². The van der Waals surface area contributed by atoms with E-state index in [-0.39, 0.29) is 18.0 Å².